The van der Waals surface area contributed by atoms with Gasteiger partial charge in [0.15, 0.2) is 0 Å². The Morgan fingerprint density at radius 1 is 1.33 bits per heavy atom. The number of nitriles is 1. The molecule has 21 heavy (non-hydrogen) atoms. The lowest BCUT2D eigenvalue weighted by Gasteiger charge is -2.33. The maximum absolute atomic E-state index is 12.1. The SMILES string of the molecule is CC1CCC(N(C)CC(=O)Nc2ccccc2C#N)CC1. The van der Waals surface area contributed by atoms with Gasteiger partial charge in [-0.2, -0.15) is 5.26 Å². The molecule has 0 radical (unpaired) electrons. The Morgan fingerprint density at radius 3 is 2.67 bits per heavy atom. The van der Waals surface area contributed by atoms with E-state index in [1.807, 2.05) is 13.1 Å². The molecule has 0 atom stereocenters. The molecule has 112 valence electrons. The van der Waals surface area contributed by atoms with Crippen molar-refractivity contribution < 1.29 is 4.79 Å². The summed E-state index contributed by atoms with van der Waals surface area (Å²) in [5.41, 5.74) is 1.09. The minimum Gasteiger partial charge on any atom is -0.324 e. The third kappa shape index (κ3) is 4.30. The molecule has 4 heteroatoms. The van der Waals surface area contributed by atoms with Crippen molar-refractivity contribution >= 4 is 11.6 Å². The molecule has 1 amide bonds. The number of nitrogens with one attached hydrogen (secondary N) is 1. The van der Waals surface area contributed by atoms with E-state index < -0.39 is 0 Å². The number of hydrogen-bond donors (Lipinski definition) is 1. The highest BCUT2D eigenvalue weighted by atomic mass is 16.2. The van der Waals surface area contributed by atoms with Gasteiger partial charge in [0.25, 0.3) is 0 Å². The van der Waals surface area contributed by atoms with E-state index in [1.165, 1.54) is 25.7 Å². The minimum absolute atomic E-state index is 0.0566. The fraction of sp³-hybridized carbons (Fsp3) is 0.529. The molecule has 0 spiro atoms. The van der Waals surface area contributed by atoms with E-state index in [-0.39, 0.29) is 5.91 Å². The van der Waals surface area contributed by atoms with Crippen LogP contribution in [0.15, 0.2) is 24.3 Å². The molecule has 2 rings (SSSR count). The van der Waals surface area contributed by atoms with Crippen molar-refractivity contribution in [3.8, 4) is 6.07 Å². The fourth-order valence-corrected chi connectivity index (χ4v) is 2.92. The molecule has 0 saturated heterocycles. The predicted molar refractivity (Wildman–Crippen MR) is 83.8 cm³/mol. The molecular weight excluding hydrogens is 262 g/mol. The van der Waals surface area contributed by atoms with Crippen molar-refractivity contribution in [2.75, 3.05) is 18.9 Å². The van der Waals surface area contributed by atoms with Gasteiger partial charge < -0.3 is 5.32 Å². The van der Waals surface area contributed by atoms with E-state index in [9.17, 15) is 4.79 Å². The lowest BCUT2D eigenvalue weighted by molar-refractivity contribution is -0.117. The number of amides is 1. The maximum Gasteiger partial charge on any atom is 0.238 e. The van der Waals surface area contributed by atoms with Crippen LogP contribution in [0.25, 0.3) is 0 Å². The molecule has 1 aliphatic rings. The molecule has 1 N–H and O–H groups in total. The van der Waals surface area contributed by atoms with Gasteiger partial charge in [0.1, 0.15) is 6.07 Å². The Balaban J connectivity index is 1.88. The highest BCUT2D eigenvalue weighted by Crippen LogP contribution is 2.26. The van der Waals surface area contributed by atoms with Gasteiger partial charge in [0.2, 0.25) is 5.91 Å². The van der Waals surface area contributed by atoms with Crippen LogP contribution in [0, 0.1) is 17.2 Å². The Kier molecular flexibility index (Phi) is 5.35. The van der Waals surface area contributed by atoms with Crippen LogP contribution < -0.4 is 5.32 Å². The number of benzene rings is 1. The quantitative estimate of drug-likeness (QED) is 0.925. The van der Waals surface area contributed by atoms with E-state index in [4.69, 9.17) is 5.26 Å². The van der Waals surface area contributed by atoms with E-state index in [1.54, 1.807) is 18.2 Å². The zero-order chi connectivity index (χ0) is 15.2. The molecule has 0 aliphatic heterocycles. The van der Waals surface area contributed by atoms with E-state index >= 15 is 0 Å². The number of carbonyl (C=O) groups excluding carboxylic acids is 1. The monoisotopic (exact) mass is 285 g/mol. The number of nitrogens with zero attached hydrogens (tertiary/aromatic N) is 2. The molecule has 0 heterocycles. The molecule has 1 saturated carbocycles. The standard InChI is InChI=1S/C17H23N3O/c1-13-7-9-15(10-8-13)20(2)12-17(21)19-16-6-4-3-5-14(16)11-18/h3-6,13,15H,7-10,12H2,1-2H3,(H,19,21). The van der Waals surface area contributed by atoms with E-state index in [0.29, 0.717) is 23.8 Å². The van der Waals surface area contributed by atoms with Crippen LogP contribution in [0.1, 0.15) is 38.2 Å². The molecule has 4 nitrogen and oxygen atoms in total. The van der Waals surface area contributed by atoms with Crippen molar-refractivity contribution in [3.63, 3.8) is 0 Å². The molecule has 1 aliphatic carbocycles. The first kappa shape index (κ1) is 15.5. The van der Waals surface area contributed by atoms with Crippen LogP contribution in [0.5, 0.6) is 0 Å². The topological polar surface area (TPSA) is 56.1 Å². The summed E-state index contributed by atoms with van der Waals surface area (Å²) in [5.74, 6) is 0.754. The highest BCUT2D eigenvalue weighted by molar-refractivity contribution is 5.93. The van der Waals surface area contributed by atoms with Crippen LogP contribution in [-0.2, 0) is 4.79 Å². The van der Waals surface area contributed by atoms with Gasteiger partial charge in [-0.05, 0) is 50.8 Å². The van der Waals surface area contributed by atoms with Gasteiger partial charge in [-0.1, -0.05) is 19.1 Å². The number of hydrogen-bond acceptors (Lipinski definition) is 3. The molecule has 1 aromatic carbocycles. The van der Waals surface area contributed by atoms with E-state index in [0.717, 1.165) is 5.92 Å². The van der Waals surface area contributed by atoms with Crippen LogP contribution >= 0.6 is 0 Å². The first-order valence-electron chi connectivity index (χ1n) is 7.59. The van der Waals surface area contributed by atoms with Crippen LogP contribution in [-0.4, -0.2) is 30.4 Å². The third-order valence-corrected chi connectivity index (χ3v) is 4.32. The van der Waals surface area contributed by atoms with E-state index in [2.05, 4.69) is 23.2 Å². The second-order valence-corrected chi connectivity index (χ2v) is 6.03. The van der Waals surface area contributed by atoms with Crippen LogP contribution in [0.4, 0.5) is 5.69 Å². The Bertz CT molecular complexity index is 527. The van der Waals surface area contributed by atoms with Crippen molar-refractivity contribution in [1.82, 2.24) is 4.90 Å². The zero-order valence-corrected chi connectivity index (χ0v) is 12.8. The van der Waals surface area contributed by atoms with Gasteiger partial charge >= 0.3 is 0 Å². The average molecular weight is 285 g/mol. The van der Waals surface area contributed by atoms with Crippen molar-refractivity contribution in [2.24, 2.45) is 5.92 Å². The second kappa shape index (κ2) is 7.24. The van der Waals surface area contributed by atoms with Crippen molar-refractivity contribution in [3.05, 3.63) is 29.8 Å². The van der Waals surface area contributed by atoms with Gasteiger partial charge in [-0.15, -0.1) is 0 Å². The number of rotatable bonds is 4. The van der Waals surface area contributed by atoms with Crippen LogP contribution in [0.2, 0.25) is 0 Å². The number of para-hydroxylation sites is 1. The van der Waals surface area contributed by atoms with Gasteiger partial charge in [-0.3, -0.25) is 9.69 Å². The summed E-state index contributed by atoms with van der Waals surface area (Å²) in [7, 11) is 2.01. The fourth-order valence-electron chi connectivity index (χ4n) is 2.92. The molecule has 1 fully saturated rings. The minimum atomic E-state index is -0.0566. The predicted octanol–water partition coefficient (Wildman–Crippen LogP) is 3.01. The molecule has 0 bridgehead atoms. The summed E-state index contributed by atoms with van der Waals surface area (Å²) in [6.07, 6.45) is 4.82. The first-order valence-corrected chi connectivity index (χ1v) is 7.59. The number of likely N-dealkylation sites (N-methyl/N-ethyl adjacent to an activating group) is 1. The third-order valence-electron chi connectivity index (χ3n) is 4.32. The molecule has 1 aromatic rings. The number of carbonyl (C=O) groups is 1. The Labute approximate surface area is 126 Å². The van der Waals surface area contributed by atoms with Crippen molar-refractivity contribution in [2.45, 2.75) is 38.6 Å². The number of anilines is 1. The Morgan fingerprint density at radius 2 is 2.00 bits per heavy atom. The maximum atomic E-state index is 12.1. The summed E-state index contributed by atoms with van der Waals surface area (Å²) >= 11 is 0. The van der Waals surface area contributed by atoms with Gasteiger partial charge in [-0.25, -0.2) is 0 Å². The largest absolute Gasteiger partial charge is 0.324 e. The van der Waals surface area contributed by atoms with Gasteiger partial charge in [0.05, 0.1) is 17.8 Å². The average Bonchev–Trinajstić information content (AvgIpc) is 2.48. The smallest absolute Gasteiger partial charge is 0.238 e. The van der Waals surface area contributed by atoms with Gasteiger partial charge in [0, 0.05) is 6.04 Å². The highest BCUT2D eigenvalue weighted by Gasteiger charge is 2.23. The normalized spacial score (nSPS) is 21.8. The van der Waals surface area contributed by atoms with Crippen molar-refractivity contribution in [1.29, 1.82) is 5.26 Å². The zero-order valence-electron chi connectivity index (χ0n) is 12.8. The second-order valence-electron chi connectivity index (χ2n) is 6.03. The summed E-state index contributed by atoms with van der Waals surface area (Å²) < 4.78 is 0. The summed E-state index contributed by atoms with van der Waals surface area (Å²) in [5, 5.41) is 11.9. The lowest BCUT2D eigenvalue weighted by atomic mass is 9.87. The lowest BCUT2D eigenvalue weighted by Crippen LogP contribution is -2.39. The summed E-state index contributed by atoms with van der Waals surface area (Å²) in [6.45, 7) is 2.67. The van der Waals surface area contributed by atoms with Crippen LogP contribution in [0.3, 0.4) is 0 Å². The molecule has 0 aromatic heterocycles. The summed E-state index contributed by atoms with van der Waals surface area (Å²) in [6, 6.07) is 9.68. The molecular formula is C17H23N3O. The first-order chi connectivity index (χ1) is 10.1. The molecule has 0 unspecified atom stereocenters. The Hall–Kier alpha value is -1.86. The summed E-state index contributed by atoms with van der Waals surface area (Å²) in [4.78, 5) is 14.3.